The van der Waals surface area contributed by atoms with Gasteiger partial charge in [-0.3, -0.25) is 0 Å². The monoisotopic (exact) mass is 253 g/mol. The lowest BCUT2D eigenvalue weighted by Gasteiger charge is -2.19. The van der Waals surface area contributed by atoms with Gasteiger partial charge in [0.1, 0.15) is 6.04 Å². The number of carbonyl (C=O) groups excluding carboxylic acids is 1. The molecule has 0 fully saturated rings. The average Bonchev–Trinajstić information content (AvgIpc) is 2.39. The summed E-state index contributed by atoms with van der Waals surface area (Å²) in [5.41, 5.74) is 0.692. The number of carbonyl (C=O) groups is 1. The van der Waals surface area contributed by atoms with Gasteiger partial charge >= 0.3 is 5.97 Å². The Morgan fingerprint density at radius 2 is 2.06 bits per heavy atom. The van der Waals surface area contributed by atoms with Crippen LogP contribution in [-0.2, 0) is 9.53 Å². The van der Waals surface area contributed by atoms with Crippen molar-refractivity contribution in [2.45, 2.75) is 13.0 Å². The topological polar surface area (TPSA) is 56.8 Å². The Labute approximate surface area is 107 Å². The fourth-order valence-electron chi connectivity index (χ4n) is 1.77. The van der Waals surface area contributed by atoms with E-state index in [4.69, 9.17) is 14.2 Å². The van der Waals surface area contributed by atoms with E-state index in [9.17, 15) is 4.79 Å². The number of nitrogens with one attached hydrogen (secondary N) is 1. The van der Waals surface area contributed by atoms with Crippen LogP contribution in [0.1, 0.15) is 18.5 Å². The first kappa shape index (κ1) is 14.3. The SMILES string of the molecule is CCOC(=O)C(NC)c1cccc(OC)c1OC. The van der Waals surface area contributed by atoms with Crippen LogP contribution < -0.4 is 14.8 Å². The number of likely N-dealkylation sites (N-methyl/N-ethyl adjacent to an activating group) is 1. The normalized spacial score (nSPS) is 11.8. The number of hydrogen-bond acceptors (Lipinski definition) is 5. The van der Waals surface area contributed by atoms with Gasteiger partial charge in [0.05, 0.1) is 20.8 Å². The lowest BCUT2D eigenvalue weighted by atomic mass is 10.1. The highest BCUT2D eigenvalue weighted by Crippen LogP contribution is 2.34. The van der Waals surface area contributed by atoms with E-state index in [1.54, 1.807) is 46.4 Å². The van der Waals surface area contributed by atoms with Gasteiger partial charge in [-0.15, -0.1) is 0 Å². The number of ether oxygens (including phenoxy) is 3. The molecule has 1 aromatic rings. The van der Waals surface area contributed by atoms with E-state index in [0.29, 0.717) is 23.7 Å². The average molecular weight is 253 g/mol. The third-order valence-corrected chi connectivity index (χ3v) is 2.56. The fraction of sp³-hybridized carbons (Fsp3) is 0.462. The van der Waals surface area contributed by atoms with Crippen molar-refractivity contribution in [3.63, 3.8) is 0 Å². The van der Waals surface area contributed by atoms with Gasteiger partial charge < -0.3 is 19.5 Å². The summed E-state index contributed by atoms with van der Waals surface area (Å²) in [5, 5.41) is 2.92. The molecule has 18 heavy (non-hydrogen) atoms. The lowest BCUT2D eigenvalue weighted by molar-refractivity contribution is -0.145. The van der Waals surface area contributed by atoms with E-state index >= 15 is 0 Å². The van der Waals surface area contributed by atoms with E-state index in [2.05, 4.69) is 5.32 Å². The van der Waals surface area contributed by atoms with Crippen LogP contribution in [0.4, 0.5) is 0 Å². The molecule has 0 amide bonds. The number of methoxy groups -OCH3 is 2. The smallest absolute Gasteiger partial charge is 0.327 e. The van der Waals surface area contributed by atoms with Gasteiger partial charge in [0.25, 0.3) is 0 Å². The van der Waals surface area contributed by atoms with Gasteiger partial charge in [-0.05, 0) is 20.0 Å². The zero-order chi connectivity index (χ0) is 13.5. The Hall–Kier alpha value is -1.75. The minimum atomic E-state index is -0.574. The summed E-state index contributed by atoms with van der Waals surface area (Å²) in [6.45, 7) is 2.11. The molecular formula is C13H19NO4. The molecule has 1 rings (SSSR count). The van der Waals surface area contributed by atoms with Gasteiger partial charge in [0.15, 0.2) is 11.5 Å². The van der Waals surface area contributed by atoms with Crippen molar-refractivity contribution in [1.82, 2.24) is 5.32 Å². The Balaban J connectivity index is 3.16. The second kappa shape index (κ2) is 6.86. The number of para-hydroxylation sites is 1. The van der Waals surface area contributed by atoms with E-state index in [1.165, 1.54) is 0 Å². The minimum Gasteiger partial charge on any atom is -0.493 e. The highest BCUT2D eigenvalue weighted by Gasteiger charge is 2.25. The molecule has 0 saturated carbocycles. The molecule has 0 aromatic heterocycles. The first-order chi connectivity index (χ1) is 8.69. The molecule has 1 unspecified atom stereocenters. The van der Waals surface area contributed by atoms with Crippen LogP contribution in [0, 0.1) is 0 Å². The van der Waals surface area contributed by atoms with Crippen molar-refractivity contribution >= 4 is 5.97 Å². The Morgan fingerprint density at radius 3 is 2.56 bits per heavy atom. The molecule has 0 aliphatic heterocycles. The van der Waals surface area contributed by atoms with Gasteiger partial charge in [-0.25, -0.2) is 4.79 Å². The van der Waals surface area contributed by atoms with Crippen LogP contribution in [0.15, 0.2) is 18.2 Å². The number of benzene rings is 1. The fourth-order valence-corrected chi connectivity index (χ4v) is 1.77. The molecule has 0 spiro atoms. The van der Waals surface area contributed by atoms with Crippen molar-refractivity contribution in [2.75, 3.05) is 27.9 Å². The Kier molecular flexibility index (Phi) is 5.45. The number of rotatable bonds is 6. The van der Waals surface area contributed by atoms with Crippen LogP contribution in [0.3, 0.4) is 0 Å². The largest absolute Gasteiger partial charge is 0.493 e. The molecule has 1 atom stereocenters. The summed E-state index contributed by atoms with van der Waals surface area (Å²) >= 11 is 0. The van der Waals surface area contributed by atoms with Crippen molar-refractivity contribution in [3.8, 4) is 11.5 Å². The summed E-state index contributed by atoms with van der Waals surface area (Å²) in [5.74, 6) is 0.776. The molecular weight excluding hydrogens is 234 g/mol. The third-order valence-electron chi connectivity index (χ3n) is 2.56. The standard InChI is InChI=1S/C13H19NO4/c1-5-18-13(15)11(14-2)9-7-6-8-10(16-3)12(9)17-4/h6-8,11,14H,5H2,1-4H3. The van der Waals surface area contributed by atoms with Crippen molar-refractivity contribution in [2.24, 2.45) is 0 Å². The van der Waals surface area contributed by atoms with Gasteiger partial charge in [0.2, 0.25) is 0 Å². The molecule has 5 nitrogen and oxygen atoms in total. The van der Waals surface area contributed by atoms with E-state index in [-0.39, 0.29) is 5.97 Å². The van der Waals surface area contributed by atoms with Crippen molar-refractivity contribution in [1.29, 1.82) is 0 Å². The molecule has 0 bridgehead atoms. The van der Waals surface area contributed by atoms with Crippen molar-refractivity contribution in [3.05, 3.63) is 23.8 Å². The summed E-state index contributed by atoms with van der Waals surface area (Å²) < 4.78 is 15.5. The highest BCUT2D eigenvalue weighted by molar-refractivity contribution is 5.79. The molecule has 100 valence electrons. The summed E-state index contributed by atoms with van der Waals surface area (Å²) in [6, 6.07) is 4.81. The third kappa shape index (κ3) is 2.92. The zero-order valence-corrected chi connectivity index (χ0v) is 11.1. The predicted octanol–water partition coefficient (Wildman–Crippen LogP) is 1.53. The predicted molar refractivity (Wildman–Crippen MR) is 68.0 cm³/mol. The van der Waals surface area contributed by atoms with Crippen LogP contribution in [-0.4, -0.2) is 33.8 Å². The molecule has 0 aliphatic rings. The van der Waals surface area contributed by atoms with E-state index < -0.39 is 6.04 Å². The molecule has 5 heteroatoms. The molecule has 0 saturated heterocycles. The second-order valence-electron chi connectivity index (χ2n) is 3.56. The Bertz CT molecular complexity index is 406. The Morgan fingerprint density at radius 1 is 1.33 bits per heavy atom. The van der Waals surface area contributed by atoms with Crippen molar-refractivity contribution < 1.29 is 19.0 Å². The maximum Gasteiger partial charge on any atom is 0.327 e. The number of hydrogen-bond donors (Lipinski definition) is 1. The quantitative estimate of drug-likeness (QED) is 0.779. The first-order valence-electron chi connectivity index (χ1n) is 5.74. The molecule has 1 aromatic carbocycles. The molecule has 0 aliphatic carbocycles. The molecule has 0 radical (unpaired) electrons. The maximum atomic E-state index is 11.9. The van der Waals surface area contributed by atoms with Crippen LogP contribution >= 0.6 is 0 Å². The summed E-state index contributed by atoms with van der Waals surface area (Å²) in [4.78, 5) is 11.9. The number of esters is 1. The maximum absolute atomic E-state index is 11.9. The second-order valence-corrected chi connectivity index (χ2v) is 3.56. The van der Waals surface area contributed by atoms with E-state index in [1.807, 2.05) is 0 Å². The van der Waals surface area contributed by atoms with Crippen LogP contribution in [0.2, 0.25) is 0 Å². The van der Waals surface area contributed by atoms with Gasteiger partial charge in [-0.1, -0.05) is 12.1 Å². The van der Waals surface area contributed by atoms with E-state index in [0.717, 1.165) is 0 Å². The van der Waals surface area contributed by atoms with Crippen LogP contribution in [0.25, 0.3) is 0 Å². The minimum absolute atomic E-state index is 0.337. The lowest BCUT2D eigenvalue weighted by Crippen LogP contribution is -2.27. The van der Waals surface area contributed by atoms with Gasteiger partial charge in [0, 0.05) is 5.56 Å². The van der Waals surface area contributed by atoms with Crippen LogP contribution in [0.5, 0.6) is 11.5 Å². The van der Waals surface area contributed by atoms with Gasteiger partial charge in [-0.2, -0.15) is 0 Å². The zero-order valence-electron chi connectivity index (χ0n) is 11.1. The summed E-state index contributed by atoms with van der Waals surface area (Å²) in [6.07, 6.45) is 0. The molecule has 1 N–H and O–H groups in total. The summed E-state index contributed by atoms with van der Waals surface area (Å²) in [7, 11) is 4.79. The first-order valence-corrected chi connectivity index (χ1v) is 5.74. The molecule has 0 heterocycles. The highest BCUT2D eigenvalue weighted by atomic mass is 16.5.